The Hall–Kier alpha value is -2.74. The molecule has 0 unspecified atom stereocenters. The average Bonchev–Trinajstić information content (AvgIpc) is 3.25. The van der Waals surface area contributed by atoms with Crippen molar-refractivity contribution in [3.05, 3.63) is 53.7 Å². The van der Waals surface area contributed by atoms with E-state index in [4.69, 9.17) is 0 Å². The first kappa shape index (κ1) is 14.8. The standard InChI is InChI=1S/C16H15N7S/c1-10-8-17-11(2)15-18-13(22-23(10)15)9-24-16-19-14(20-21-16)12-6-4-3-5-7-12/h3-8H,9H2,1-2H3,(H,19,20,21). The van der Waals surface area contributed by atoms with Crippen LogP contribution >= 0.6 is 11.8 Å². The molecule has 0 saturated heterocycles. The second-order valence-corrected chi connectivity index (χ2v) is 6.31. The number of fused-ring (bicyclic) bond motifs is 1. The number of aromatic amines is 1. The van der Waals surface area contributed by atoms with Crippen LogP contribution in [-0.4, -0.2) is 34.8 Å². The highest BCUT2D eigenvalue weighted by molar-refractivity contribution is 7.98. The first-order chi connectivity index (χ1) is 11.7. The molecule has 4 aromatic rings. The fraction of sp³-hybridized carbons (Fsp3) is 0.188. The van der Waals surface area contributed by atoms with Crippen molar-refractivity contribution < 1.29 is 0 Å². The normalized spacial score (nSPS) is 11.2. The molecule has 3 heterocycles. The molecule has 0 bridgehead atoms. The summed E-state index contributed by atoms with van der Waals surface area (Å²) < 4.78 is 1.83. The maximum absolute atomic E-state index is 4.56. The lowest BCUT2D eigenvalue weighted by Crippen LogP contribution is -1.97. The lowest BCUT2D eigenvalue weighted by atomic mass is 10.2. The van der Waals surface area contributed by atoms with Gasteiger partial charge in [-0.2, -0.15) is 5.10 Å². The quantitative estimate of drug-likeness (QED) is 0.576. The Morgan fingerprint density at radius 1 is 1.12 bits per heavy atom. The van der Waals surface area contributed by atoms with Gasteiger partial charge in [0.2, 0.25) is 5.16 Å². The zero-order chi connectivity index (χ0) is 16.5. The highest BCUT2D eigenvalue weighted by atomic mass is 32.2. The Morgan fingerprint density at radius 3 is 2.75 bits per heavy atom. The maximum atomic E-state index is 4.56. The maximum Gasteiger partial charge on any atom is 0.209 e. The van der Waals surface area contributed by atoms with Crippen molar-refractivity contribution >= 4 is 17.4 Å². The van der Waals surface area contributed by atoms with Crippen LogP contribution in [-0.2, 0) is 5.75 Å². The van der Waals surface area contributed by atoms with Crippen molar-refractivity contribution in [2.24, 2.45) is 0 Å². The van der Waals surface area contributed by atoms with Gasteiger partial charge in [-0.25, -0.2) is 14.5 Å². The van der Waals surface area contributed by atoms with Crippen molar-refractivity contribution in [3.8, 4) is 11.4 Å². The van der Waals surface area contributed by atoms with Gasteiger partial charge in [-0.15, -0.1) is 5.10 Å². The molecule has 0 saturated carbocycles. The van der Waals surface area contributed by atoms with Crippen molar-refractivity contribution in [1.29, 1.82) is 0 Å². The Balaban J connectivity index is 1.52. The molecular weight excluding hydrogens is 322 g/mol. The van der Waals surface area contributed by atoms with Gasteiger partial charge < -0.3 is 0 Å². The second kappa shape index (κ2) is 6.04. The molecule has 0 aliphatic carbocycles. The zero-order valence-corrected chi connectivity index (χ0v) is 14.1. The first-order valence-electron chi connectivity index (χ1n) is 7.49. The summed E-state index contributed by atoms with van der Waals surface area (Å²) in [6, 6.07) is 9.92. The molecule has 0 fully saturated rings. The highest BCUT2D eigenvalue weighted by Gasteiger charge is 2.11. The first-order valence-corrected chi connectivity index (χ1v) is 8.48. The fourth-order valence-corrected chi connectivity index (χ4v) is 3.01. The minimum Gasteiger partial charge on any atom is -0.258 e. The Morgan fingerprint density at radius 2 is 1.96 bits per heavy atom. The summed E-state index contributed by atoms with van der Waals surface area (Å²) in [6.07, 6.45) is 1.80. The predicted molar refractivity (Wildman–Crippen MR) is 91.6 cm³/mol. The number of rotatable bonds is 4. The lowest BCUT2D eigenvalue weighted by Gasteiger charge is -1.97. The van der Waals surface area contributed by atoms with Gasteiger partial charge in [0.1, 0.15) is 0 Å². The number of hydrogen-bond donors (Lipinski definition) is 1. The van der Waals surface area contributed by atoms with E-state index in [9.17, 15) is 0 Å². The Labute approximate surface area is 142 Å². The number of aromatic nitrogens is 7. The van der Waals surface area contributed by atoms with Crippen LogP contribution in [0.25, 0.3) is 17.0 Å². The van der Waals surface area contributed by atoms with E-state index in [0.717, 1.165) is 34.2 Å². The van der Waals surface area contributed by atoms with E-state index in [2.05, 4.69) is 30.2 Å². The third kappa shape index (κ3) is 2.76. The van der Waals surface area contributed by atoms with E-state index in [1.807, 2.05) is 48.7 Å². The molecule has 7 nitrogen and oxygen atoms in total. The minimum absolute atomic E-state index is 0.604. The highest BCUT2D eigenvalue weighted by Crippen LogP contribution is 2.21. The van der Waals surface area contributed by atoms with Crippen LogP contribution in [0.4, 0.5) is 0 Å². The molecule has 0 radical (unpaired) electrons. The van der Waals surface area contributed by atoms with E-state index in [1.54, 1.807) is 6.20 Å². The Kier molecular flexibility index (Phi) is 3.73. The topological polar surface area (TPSA) is 84.6 Å². The molecule has 0 spiro atoms. The van der Waals surface area contributed by atoms with Crippen LogP contribution in [0.1, 0.15) is 17.2 Å². The molecule has 1 aromatic carbocycles. The molecular formula is C16H15N7S. The van der Waals surface area contributed by atoms with Gasteiger partial charge in [0.05, 0.1) is 17.1 Å². The molecule has 0 atom stereocenters. The van der Waals surface area contributed by atoms with Crippen molar-refractivity contribution in [1.82, 2.24) is 34.8 Å². The number of H-pyrrole nitrogens is 1. The van der Waals surface area contributed by atoms with Crippen LogP contribution in [0.5, 0.6) is 0 Å². The van der Waals surface area contributed by atoms with Gasteiger partial charge in [0, 0.05) is 11.8 Å². The molecule has 3 aromatic heterocycles. The third-order valence-corrected chi connectivity index (χ3v) is 4.44. The number of nitrogens with zero attached hydrogens (tertiary/aromatic N) is 6. The zero-order valence-electron chi connectivity index (χ0n) is 13.3. The molecule has 0 amide bonds. The van der Waals surface area contributed by atoms with Crippen LogP contribution in [0.3, 0.4) is 0 Å². The molecule has 8 heteroatoms. The van der Waals surface area contributed by atoms with Gasteiger partial charge in [-0.1, -0.05) is 42.1 Å². The molecule has 24 heavy (non-hydrogen) atoms. The molecule has 1 N–H and O–H groups in total. The van der Waals surface area contributed by atoms with Gasteiger partial charge in [-0.05, 0) is 13.8 Å². The van der Waals surface area contributed by atoms with E-state index >= 15 is 0 Å². The van der Waals surface area contributed by atoms with Gasteiger partial charge in [0.25, 0.3) is 0 Å². The average molecular weight is 337 g/mol. The monoisotopic (exact) mass is 337 g/mol. The van der Waals surface area contributed by atoms with Crippen molar-refractivity contribution in [2.75, 3.05) is 0 Å². The summed E-state index contributed by atoms with van der Waals surface area (Å²) in [6.45, 7) is 3.90. The number of thioether (sulfide) groups is 1. The predicted octanol–water partition coefficient (Wildman–Crippen LogP) is 2.82. The minimum atomic E-state index is 0.604. The summed E-state index contributed by atoms with van der Waals surface area (Å²) in [5, 5.41) is 12.4. The molecule has 4 rings (SSSR count). The largest absolute Gasteiger partial charge is 0.258 e. The van der Waals surface area contributed by atoms with Gasteiger partial charge >= 0.3 is 0 Å². The van der Waals surface area contributed by atoms with Gasteiger partial charge in [-0.3, -0.25) is 10.1 Å². The van der Waals surface area contributed by atoms with Crippen LogP contribution in [0, 0.1) is 13.8 Å². The summed E-state index contributed by atoms with van der Waals surface area (Å²) >= 11 is 1.50. The van der Waals surface area contributed by atoms with Crippen LogP contribution in [0.2, 0.25) is 0 Å². The number of nitrogens with one attached hydrogen (secondary N) is 1. The SMILES string of the molecule is Cc1ncc(C)n2nc(CSc3n[nH]c(-c4ccccc4)n3)nc12. The van der Waals surface area contributed by atoms with Crippen LogP contribution in [0.15, 0.2) is 41.7 Å². The number of hydrogen-bond acceptors (Lipinski definition) is 6. The number of aryl methyl sites for hydroxylation is 2. The summed E-state index contributed by atoms with van der Waals surface area (Å²) in [5.74, 6) is 2.11. The van der Waals surface area contributed by atoms with Crippen molar-refractivity contribution in [3.63, 3.8) is 0 Å². The fourth-order valence-electron chi connectivity index (χ4n) is 2.36. The summed E-state index contributed by atoms with van der Waals surface area (Å²) in [7, 11) is 0. The second-order valence-electron chi connectivity index (χ2n) is 5.37. The van der Waals surface area contributed by atoms with E-state index in [0.29, 0.717) is 10.9 Å². The summed E-state index contributed by atoms with van der Waals surface area (Å²) in [5.41, 5.74) is 3.64. The van der Waals surface area contributed by atoms with Crippen molar-refractivity contribution in [2.45, 2.75) is 24.8 Å². The van der Waals surface area contributed by atoms with Crippen LogP contribution < -0.4 is 0 Å². The van der Waals surface area contributed by atoms with E-state index < -0.39 is 0 Å². The number of benzene rings is 1. The van der Waals surface area contributed by atoms with E-state index in [1.165, 1.54) is 11.8 Å². The molecule has 0 aliphatic rings. The molecule has 120 valence electrons. The van der Waals surface area contributed by atoms with Gasteiger partial charge in [0.15, 0.2) is 17.3 Å². The van der Waals surface area contributed by atoms with E-state index in [-0.39, 0.29) is 0 Å². The lowest BCUT2D eigenvalue weighted by molar-refractivity contribution is 0.867. The Bertz CT molecular complexity index is 951. The summed E-state index contributed by atoms with van der Waals surface area (Å²) in [4.78, 5) is 13.4. The smallest absolute Gasteiger partial charge is 0.209 e. The molecule has 0 aliphatic heterocycles. The third-order valence-electron chi connectivity index (χ3n) is 3.60.